The second kappa shape index (κ2) is 7.01. The zero-order valence-corrected chi connectivity index (χ0v) is 16.3. The summed E-state index contributed by atoms with van der Waals surface area (Å²) in [5, 5.41) is 11.0. The molecule has 1 N–H and O–H groups in total. The standard InChI is InChI=1S/C20H38O3/c1-8-13-11-22-18(23-12-13)14-9-15(19(2,3)4)17(21)16(10-14)20(5,6)7/h13-18,21H,8-12H2,1-7H3. The minimum Gasteiger partial charge on any atom is -0.393 e. The van der Waals surface area contributed by atoms with Crippen molar-refractivity contribution in [3.63, 3.8) is 0 Å². The van der Waals surface area contributed by atoms with Crippen molar-refractivity contribution in [2.75, 3.05) is 13.2 Å². The van der Waals surface area contributed by atoms with Gasteiger partial charge in [-0.3, -0.25) is 0 Å². The van der Waals surface area contributed by atoms with Gasteiger partial charge < -0.3 is 14.6 Å². The van der Waals surface area contributed by atoms with E-state index in [4.69, 9.17) is 9.47 Å². The zero-order chi connectivity index (χ0) is 17.4. The lowest BCUT2D eigenvalue weighted by atomic mass is 9.58. The van der Waals surface area contributed by atoms with E-state index < -0.39 is 0 Å². The van der Waals surface area contributed by atoms with Crippen molar-refractivity contribution in [2.45, 2.75) is 80.1 Å². The third-order valence-corrected chi connectivity index (χ3v) is 6.12. The van der Waals surface area contributed by atoms with Crippen molar-refractivity contribution >= 4 is 0 Å². The summed E-state index contributed by atoms with van der Waals surface area (Å²) >= 11 is 0. The summed E-state index contributed by atoms with van der Waals surface area (Å²) in [5.74, 6) is 1.52. The predicted octanol–water partition coefficient (Wildman–Crippen LogP) is 4.48. The van der Waals surface area contributed by atoms with Crippen molar-refractivity contribution in [2.24, 2.45) is 34.5 Å². The van der Waals surface area contributed by atoms with Gasteiger partial charge in [-0.05, 0) is 41.9 Å². The molecular weight excluding hydrogens is 288 g/mol. The van der Waals surface area contributed by atoms with Crippen molar-refractivity contribution in [3.8, 4) is 0 Å². The fourth-order valence-electron chi connectivity index (χ4n) is 4.33. The number of aliphatic hydroxyl groups is 1. The highest BCUT2D eigenvalue weighted by molar-refractivity contribution is 4.96. The Hall–Kier alpha value is -0.120. The molecule has 0 radical (unpaired) electrons. The molecule has 23 heavy (non-hydrogen) atoms. The molecule has 0 amide bonds. The highest BCUT2D eigenvalue weighted by Crippen LogP contribution is 2.49. The molecule has 2 aliphatic rings. The lowest BCUT2D eigenvalue weighted by Crippen LogP contribution is -2.51. The van der Waals surface area contributed by atoms with Gasteiger partial charge in [0.1, 0.15) is 0 Å². The summed E-state index contributed by atoms with van der Waals surface area (Å²) in [6.45, 7) is 17.3. The molecule has 2 unspecified atom stereocenters. The van der Waals surface area contributed by atoms with Crippen LogP contribution in [0.1, 0.15) is 67.7 Å². The Kier molecular flexibility index (Phi) is 5.86. The second-order valence-electron chi connectivity index (χ2n) is 9.98. The minimum absolute atomic E-state index is 0.0833. The molecule has 2 atom stereocenters. The molecule has 0 aromatic rings. The van der Waals surface area contributed by atoms with E-state index in [9.17, 15) is 5.11 Å². The maximum atomic E-state index is 11.0. The van der Waals surface area contributed by atoms with E-state index in [1.54, 1.807) is 0 Å². The van der Waals surface area contributed by atoms with Gasteiger partial charge in [0.25, 0.3) is 0 Å². The molecular formula is C20H38O3. The van der Waals surface area contributed by atoms with E-state index in [1.807, 2.05) is 0 Å². The number of aliphatic hydroxyl groups excluding tert-OH is 1. The first kappa shape index (κ1) is 19.2. The van der Waals surface area contributed by atoms with E-state index in [1.165, 1.54) is 0 Å². The smallest absolute Gasteiger partial charge is 0.160 e. The van der Waals surface area contributed by atoms with Crippen LogP contribution in [0.5, 0.6) is 0 Å². The molecule has 1 aliphatic heterocycles. The molecule has 3 heteroatoms. The summed E-state index contributed by atoms with van der Waals surface area (Å²) in [5.41, 5.74) is 0.199. The van der Waals surface area contributed by atoms with Gasteiger partial charge in [0.15, 0.2) is 6.29 Å². The molecule has 2 rings (SSSR count). The van der Waals surface area contributed by atoms with Crippen molar-refractivity contribution in [3.05, 3.63) is 0 Å². The Bertz CT molecular complexity index is 347. The summed E-state index contributed by atoms with van der Waals surface area (Å²) in [4.78, 5) is 0. The maximum Gasteiger partial charge on any atom is 0.160 e. The Morgan fingerprint density at radius 2 is 1.30 bits per heavy atom. The molecule has 0 bridgehead atoms. The Labute approximate surface area is 143 Å². The zero-order valence-electron chi connectivity index (χ0n) is 16.3. The van der Waals surface area contributed by atoms with Crippen LogP contribution in [-0.4, -0.2) is 30.7 Å². The van der Waals surface area contributed by atoms with E-state index >= 15 is 0 Å². The number of ether oxygens (including phenoxy) is 2. The topological polar surface area (TPSA) is 38.7 Å². The average Bonchev–Trinajstić information content (AvgIpc) is 2.45. The van der Waals surface area contributed by atoms with Crippen LogP contribution in [0.4, 0.5) is 0 Å². The van der Waals surface area contributed by atoms with Gasteiger partial charge in [-0.2, -0.15) is 0 Å². The van der Waals surface area contributed by atoms with Crippen LogP contribution in [0.3, 0.4) is 0 Å². The van der Waals surface area contributed by atoms with Crippen LogP contribution in [0.25, 0.3) is 0 Å². The first-order valence-corrected chi connectivity index (χ1v) is 9.45. The third kappa shape index (κ3) is 4.49. The molecule has 1 aliphatic carbocycles. The summed E-state index contributed by atoms with van der Waals surface area (Å²) < 4.78 is 12.1. The van der Waals surface area contributed by atoms with Gasteiger partial charge in [0, 0.05) is 11.8 Å². The fourth-order valence-corrected chi connectivity index (χ4v) is 4.33. The Morgan fingerprint density at radius 3 is 1.65 bits per heavy atom. The summed E-state index contributed by atoms with van der Waals surface area (Å²) in [6, 6.07) is 0. The number of rotatable bonds is 2. The summed E-state index contributed by atoms with van der Waals surface area (Å²) in [7, 11) is 0. The van der Waals surface area contributed by atoms with Crippen molar-refractivity contribution in [1.82, 2.24) is 0 Å². The first-order valence-electron chi connectivity index (χ1n) is 9.45. The van der Waals surface area contributed by atoms with E-state index in [0.717, 1.165) is 32.5 Å². The molecule has 3 nitrogen and oxygen atoms in total. The highest BCUT2D eigenvalue weighted by atomic mass is 16.7. The monoisotopic (exact) mass is 326 g/mol. The quantitative estimate of drug-likeness (QED) is 0.813. The van der Waals surface area contributed by atoms with Gasteiger partial charge in [-0.1, -0.05) is 48.5 Å². The molecule has 0 aromatic carbocycles. The first-order chi connectivity index (χ1) is 10.5. The lowest BCUT2D eigenvalue weighted by Gasteiger charge is -2.51. The lowest BCUT2D eigenvalue weighted by molar-refractivity contribution is -0.243. The highest BCUT2D eigenvalue weighted by Gasteiger charge is 2.48. The van der Waals surface area contributed by atoms with Gasteiger partial charge in [0.2, 0.25) is 0 Å². The molecule has 1 heterocycles. The van der Waals surface area contributed by atoms with Gasteiger partial charge >= 0.3 is 0 Å². The summed E-state index contributed by atoms with van der Waals surface area (Å²) in [6.07, 6.45) is 2.79. The third-order valence-electron chi connectivity index (χ3n) is 6.12. The number of hydrogen-bond acceptors (Lipinski definition) is 3. The predicted molar refractivity (Wildman–Crippen MR) is 94.1 cm³/mol. The van der Waals surface area contributed by atoms with Crippen LogP contribution >= 0.6 is 0 Å². The van der Waals surface area contributed by atoms with Gasteiger partial charge in [-0.15, -0.1) is 0 Å². The van der Waals surface area contributed by atoms with E-state index in [0.29, 0.717) is 23.7 Å². The van der Waals surface area contributed by atoms with E-state index in [2.05, 4.69) is 48.5 Å². The van der Waals surface area contributed by atoms with Crippen LogP contribution in [0.2, 0.25) is 0 Å². The Balaban J connectivity index is 2.14. The van der Waals surface area contributed by atoms with Crippen LogP contribution in [-0.2, 0) is 9.47 Å². The largest absolute Gasteiger partial charge is 0.393 e. The number of hydrogen-bond donors (Lipinski definition) is 1. The average molecular weight is 327 g/mol. The maximum absolute atomic E-state index is 11.0. The normalized spacial score (nSPS) is 40.2. The van der Waals surface area contributed by atoms with Gasteiger partial charge in [0.05, 0.1) is 19.3 Å². The SMILES string of the molecule is CCC1COC(C2CC(C(C)(C)C)C(O)C(C(C)(C)C)C2)OC1. The molecule has 136 valence electrons. The fraction of sp³-hybridized carbons (Fsp3) is 1.00. The second-order valence-corrected chi connectivity index (χ2v) is 9.98. The van der Waals surface area contributed by atoms with Gasteiger partial charge in [-0.25, -0.2) is 0 Å². The van der Waals surface area contributed by atoms with Crippen molar-refractivity contribution < 1.29 is 14.6 Å². The van der Waals surface area contributed by atoms with Crippen LogP contribution < -0.4 is 0 Å². The Morgan fingerprint density at radius 1 is 0.870 bits per heavy atom. The molecule has 1 saturated heterocycles. The molecule has 2 fully saturated rings. The molecule has 1 saturated carbocycles. The van der Waals surface area contributed by atoms with E-state index in [-0.39, 0.29) is 23.2 Å². The molecule has 0 aromatic heterocycles. The van der Waals surface area contributed by atoms with Crippen LogP contribution in [0, 0.1) is 34.5 Å². The minimum atomic E-state index is -0.238. The molecule has 0 spiro atoms. The van der Waals surface area contributed by atoms with Crippen molar-refractivity contribution in [1.29, 1.82) is 0 Å². The van der Waals surface area contributed by atoms with Crippen LogP contribution in [0.15, 0.2) is 0 Å².